The largest absolute Gasteiger partial charge is 0.438 e. The van der Waals surface area contributed by atoms with Gasteiger partial charge in [0.25, 0.3) is 5.91 Å². The molecule has 7 nitrogen and oxygen atoms in total. The Balaban J connectivity index is 1.85. The average Bonchev–Trinajstić information content (AvgIpc) is 2.73. The number of hydrogen-bond donors (Lipinski definition) is 1. The summed E-state index contributed by atoms with van der Waals surface area (Å²) in [6.45, 7) is 1.69. The number of nitrogens with zero attached hydrogens (tertiary/aromatic N) is 2. The van der Waals surface area contributed by atoms with Crippen molar-refractivity contribution < 1.29 is 17.9 Å². The summed E-state index contributed by atoms with van der Waals surface area (Å²) in [6, 6.07) is 8.66. The lowest BCUT2D eigenvalue weighted by molar-refractivity contribution is 0.0943. The van der Waals surface area contributed by atoms with Gasteiger partial charge in [-0.2, -0.15) is 4.98 Å². The zero-order chi connectivity index (χ0) is 21.6. The van der Waals surface area contributed by atoms with Crippen molar-refractivity contribution in [1.82, 2.24) is 15.3 Å². The van der Waals surface area contributed by atoms with Gasteiger partial charge in [-0.15, -0.1) is 0 Å². The fraction of sp³-hybridized carbons (Fsp3) is 0.409. The molecular formula is C22H27N3O4S. The Morgan fingerprint density at radius 2 is 1.90 bits per heavy atom. The Morgan fingerprint density at radius 1 is 1.20 bits per heavy atom. The summed E-state index contributed by atoms with van der Waals surface area (Å²) in [7, 11) is -3.27. The van der Waals surface area contributed by atoms with Crippen molar-refractivity contribution in [2.45, 2.75) is 51.0 Å². The van der Waals surface area contributed by atoms with Crippen LogP contribution in [-0.4, -0.2) is 36.6 Å². The first-order valence-electron chi connectivity index (χ1n) is 10.1. The van der Waals surface area contributed by atoms with E-state index in [9.17, 15) is 13.2 Å². The molecule has 0 radical (unpaired) electrons. The van der Waals surface area contributed by atoms with Gasteiger partial charge >= 0.3 is 0 Å². The number of sulfone groups is 1. The molecule has 1 fully saturated rings. The third kappa shape index (κ3) is 6.38. The molecule has 30 heavy (non-hydrogen) atoms. The molecule has 160 valence electrons. The van der Waals surface area contributed by atoms with Crippen molar-refractivity contribution in [1.29, 1.82) is 0 Å². The van der Waals surface area contributed by atoms with Crippen LogP contribution in [0.4, 0.5) is 0 Å². The molecule has 1 aliphatic carbocycles. The summed E-state index contributed by atoms with van der Waals surface area (Å²) in [5.74, 6) is 1.31. The van der Waals surface area contributed by atoms with Crippen LogP contribution in [0.2, 0.25) is 0 Å². The second-order valence-electron chi connectivity index (χ2n) is 7.62. The lowest BCUT2D eigenvalue weighted by Crippen LogP contribution is -2.32. The zero-order valence-corrected chi connectivity index (χ0v) is 18.1. The number of carbonyl (C=O) groups is 1. The summed E-state index contributed by atoms with van der Waals surface area (Å²) in [4.78, 5) is 21.9. The van der Waals surface area contributed by atoms with Crippen molar-refractivity contribution >= 4 is 15.7 Å². The standard InChI is InChI=1S/C22H27N3O4S/c1-16(13-14-30(2,27)28)24-21(26)19-15-23-20(17-9-5-3-6-10-17)25-22(19)29-18-11-7-4-8-12-18/h4,7-8,11-17H,3,5-6,9-10H2,1-2H3,(H,24,26). The molecule has 0 spiro atoms. The van der Waals surface area contributed by atoms with Crippen LogP contribution >= 0.6 is 0 Å². The fourth-order valence-corrected chi connectivity index (χ4v) is 3.88. The van der Waals surface area contributed by atoms with E-state index in [4.69, 9.17) is 4.74 Å². The number of para-hydroxylation sites is 1. The molecule has 1 atom stereocenters. The number of rotatable bonds is 7. The van der Waals surface area contributed by atoms with E-state index in [2.05, 4.69) is 15.3 Å². The molecule has 1 amide bonds. The Morgan fingerprint density at radius 3 is 2.57 bits per heavy atom. The van der Waals surface area contributed by atoms with E-state index >= 15 is 0 Å². The minimum Gasteiger partial charge on any atom is -0.438 e. The molecule has 0 saturated heterocycles. The maximum absolute atomic E-state index is 12.8. The summed E-state index contributed by atoms with van der Waals surface area (Å²) < 4.78 is 28.5. The lowest BCUT2D eigenvalue weighted by Gasteiger charge is -2.21. The van der Waals surface area contributed by atoms with E-state index in [0.29, 0.717) is 11.6 Å². The molecule has 3 rings (SSSR count). The molecule has 1 aromatic carbocycles. The van der Waals surface area contributed by atoms with Gasteiger partial charge in [0.15, 0.2) is 9.84 Å². The summed E-state index contributed by atoms with van der Waals surface area (Å²) in [5.41, 5.74) is 0.206. The number of amides is 1. The van der Waals surface area contributed by atoms with Crippen molar-refractivity contribution in [2.24, 2.45) is 0 Å². The minimum atomic E-state index is -3.27. The second-order valence-corrected chi connectivity index (χ2v) is 9.55. The smallest absolute Gasteiger partial charge is 0.258 e. The molecule has 1 unspecified atom stereocenters. The zero-order valence-electron chi connectivity index (χ0n) is 17.2. The highest BCUT2D eigenvalue weighted by Crippen LogP contribution is 2.32. The molecule has 0 aliphatic heterocycles. The quantitative estimate of drug-likeness (QED) is 0.714. The first-order valence-corrected chi connectivity index (χ1v) is 12.1. The SMILES string of the molecule is CC(C=CS(C)(=O)=O)NC(=O)c1cnc(C2CCCCC2)nc1Oc1ccccc1. The Labute approximate surface area is 177 Å². The Bertz CT molecular complexity index is 1000. The van der Waals surface area contributed by atoms with Gasteiger partial charge in [-0.3, -0.25) is 4.79 Å². The fourth-order valence-electron chi connectivity index (χ4n) is 3.36. The molecule has 1 aliphatic rings. The maximum Gasteiger partial charge on any atom is 0.258 e. The average molecular weight is 430 g/mol. The first-order chi connectivity index (χ1) is 14.3. The molecular weight excluding hydrogens is 402 g/mol. The number of benzene rings is 1. The first kappa shape index (κ1) is 22.0. The number of aromatic nitrogens is 2. The van der Waals surface area contributed by atoms with E-state index in [-0.39, 0.29) is 17.4 Å². The molecule has 1 aromatic heterocycles. The van der Waals surface area contributed by atoms with Gasteiger partial charge in [0.05, 0.1) is 0 Å². The summed E-state index contributed by atoms with van der Waals surface area (Å²) in [5, 5.41) is 3.82. The monoisotopic (exact) mass is 429 g/mol. The van der Waals surface area contributed by atoms with Crippen LogP contribution in [0.25, 0.3) is 0 Å². The number of nitrogens with one attached hydrogen (secondary N) is 1. The van der Waals surface area contributed by atoms with Crippen LogP contribution < -0.4 is 10.1 Å². The van der Waals surface area contributed by atoms with Crippen molar-refractivity contribution in [3.63, 3.8) is 0 Å². The number of hydrogen-bond acceptors (Lipinski definition) is 6. The van der Waals surface area contributed by atoms with Gasteiger partial charge in [-0.05, 0) is 31.9 Å². The van der Waals surface area contributed by atoms with E-state index in [1.165, 1.54) is 18.7 Å². The van der Waals surface area contributed by atoms with E-state index in [0.717, 1.165) is 37.3 Å². The highest BCUT2D eigenvalue weighted by atomic mass is 32.2. The van der Waals surface area contributed by atoms with Gasteiger partial charge in [0, 0.05) is 29.8 Å². The van der Waals surface area contributed by atoms with Crippen molar-refractivity contribution in [3.8, 4) is 11.6 Å². The van der Waals surface area contributed by atoms with E-state index in [1.54, 1.807) is 19.1 Å². The number of carbonyl (C=O) groups excluding carboxylic acids is 1. The maximum atomic E-state index is 12.8. The van der Waals surface area contributed by atoms with Gasteiger partial charge in [0.1, 0.15) is 17.1 Å². The minimum absolute atomic E-state index is 0.202. The van der Waals surface area contributed by atoms with Crippen LogP contribution in [-0.2, 0) is 9.84 Å². The van der Waals surface area contributed by atoms with E-state index in [1.807, 2.05) is 18.2 Å². The predicted molar refractivity (Wildman–Crippen MR) is 115 cm³/mol. The normalized spacial score (nSPS) is 16.3. The van der Waals surface area contributed by atoms with Crippen LogP contribution in [0.15, 0.2) is 48.0 Å². The van der Waals surface area contributed by atoms with Crippen molar-refractivity contribution in [3.05, 3.63) is 59.4 Å². The molecule has 1 saturated carbocycles. The van der Waals surface area contributed by atoms with Crippen molar-refractivity contribution in [2.75, 3.05) is 6.26 Å². The molecule has 1 heterocycles. The van der Waals surface area contributed by atoms with Crippen LogP contribution in [0.1, 0.15) is 61.1 Å². The van der Waals surface area contributed by atoms with Gasteiger partial charge < -0.3 is 10.1 Å². The predicted octanol–water partition coefficient (Wildman–Crippen LogP) is 3.99. The summed E-state index contributed by atoms with van der Waals surface area (Å²) >= 11 is 0. The molecule has 1 N–H and O–H groups in total. The summed E-state index contributed by atoms with van der Waals surface area (Å²) in [6.07, 6.45) is 9.60. The molecule has 0 bridgehead atoms. The van der Waals surface area contributed by atoms with Crippen LogP contribution in [0, 0.1) is 0 Å². The van der Waals surface area contributed by atoms with Crippen LogP contribution in [0.5, 0.6) is 11.6 Å². The van der Waals surface area contributed by atoms with Gasteiger partial charge in [-0.25, -0.2) is 13.4 Å². The highest BCUT2D eigenvalue weighted by molar-refractivity contribution is 7.93. The second kappa shape index (κ2) is 9.84. The topological polar surface area (TPSA) is 98.2 Å². The Kier molecular flexibility index (Phi) is 7.20. The number of ether oxygens (including phenoxy) is 1. The molecule has 8 heteroatoms. The lowest BCUT2D eigenvalue weighted by atomic mass is 9.88. The van der Waals surface area contributed by atoms with Gasteiger partial charge in [-0.1, -0.05) is 43.5 Å². The van der Waals surface area contributed by atoms with Gasteiger partial charge in [0.2, 0.25) is 5.88 Å². The van der Waals surface area contributed by atoms with E-state index < -0.39 is 21.8 Å². The Hall–Kier alpha value is -2.74. The third-order valence-electron chi connectivity index (χ3n) is 4.92. The third-order valence-corrected chi connectivity index (χ3v) is 5.57. The van der Waals surface area contributed by atoms with Crippen LogP contribution in [0.3, 0.4) is 0 Å². The highest BCUT2D eigenvalue weighted by Gasteiger charge is 2.23. The molecule has 2 aromatic rings.